The zero-order valence-corrected chi connectivity index (χ0v) is 21.7. The predicted octanol–water partition coefficient (Wildman–Crippen LogP) is 5.35. The van der Waals surface area contributed by atoms with Gasteiger partial charge in [0.2, 0.25) is 5.16 Å². The normalized spacial score (nSPS) is 12.1. The molecule has 0 fully saturated rings. The Balaban J connectivity index is 1.68. The number of alkyl carbamates (subject to hydrolysis) is 1. The van der Waals surface area contributed by atoms with Crippen LogP contribution in [0.2, 0.25) is 0 Å². The number of benzene rings is 2. The SMILES string of the molecule is CCC(NC(=O)OCc1ccccc1)C(=O)Cn1nnnc1Sc1c(C(C)C)cccc1C(C)C. The van der Waals surface area contributed by atoms with E-state index in [0.717, 1.165) is 10.5 Å². The number of carbonyl (C=O) groups is 2. The smallest absolute Gasteiger partial charge is 0.408 e. The second-order valence-corrected chi connectivity index (χ2v) is 9.91. The van der Waals surface area contributed by atoms with Gasteiger partial charge in [-0.3, -0.25) is 4.79 Å². The fourth-order valence-corrected chi connectivity index (χ4v) is 4.95. The summed E-state index contributed by atoms with van der Waals surface area (Å²) in [6, 6.07) is 15.0. The highest BCUT2D eigenvalue weighted by atomic mass is 32.2. The number of carbonyl (C=O) groups excluding carboxylic acids is 2. The molecule has 1 N–H and O–H groups in total. The van der Waals surface area contributed by atoms with Crippen LogP contribution in [0, 0.1) is 0 Å². The van der Waals surface area contributed by atoms with Crippen molar-refractivity contribution in [3.05, 3.63) is 65.2 Å². The lowest BCUT2D eigenvalue weighted by Gasteiger charge is -2.19. The van der Waals surface area contributed by atoms with E-state index in [1.165, 1.54) is 27.6 Å². The van der Waals surface area contributed by atoms with E-state index < -0.39 is 12.1 Å². The Morgan fingerprint density at radius 1 is 1.00 bits per heavy atom. The van der Waals surface area contributed by atoms with E-state index in [9.17, 15) is 9.59 Å². The van der Waals surface area contributed by atoms with Crippen LogP contribution < -0.4 is 5.32 Å². The summed E-state index contributed by atoms with van der Waals surface area (Å²) in [6.07, 6.45) is -0.204. The van der Waals surface area contributed by atoms with Crippen LogP contribution in [-0.4, -0.2) is 38.1 Å². The van der Waals surface area contributed by atoms with E-state index >= 15 is 0 Å². The second kappa shape index (κ2) is 12.5. The van der Waals surface area contributed by atoms with E-state index in [2.05, 4.69) is 66.7 Å². The molecule has 35 heavy (non-hydrogen) atoms. The van der Waals surface area contributed by atoms with Crippen LogP contribution in [0.15, 0.2) is 58.6 Å². The van der Waals surface area contributed by atoms with Gasteiger partial charge < -0.3 is 10.1 Å². The summed E-state index contributed by atoms with van der Waals surface area (Å²) < 4.78 is 6.76. The lowest BCUT2D eigenvalue weighted by atomic mass is 9.95. The number of hydrogen-bond donors (Lipinski definition) is 1. The number of tetrazole rings is 1. The monoisotopic (exact) mass is 495 g/mol. The second-order valence-electron chi connectivity index (χ2n) is 8.93. The molecule has 186 valence electrons. The average molecular weight is 496 g/mol. The molecular weight excluding hydrogens is 462 g/mol. The Kier molecular flexibility index (Phi) is 9.42. The van der Waals surface area contributed by atoms with E-state index in [1.807, 2.05) is 37.3 Å². The molecule has 3 aromatic rings. The molecule has 2 aromatic carbocycles. The summed E-state index contributed by atoms with van der Waals surface area (Å²) in [5, 5.41) is 15.2. The topological polar surface area (TPSA) is 99.0 Å². The van der Waals surface area contributed by atoms with Crippen LogP contribution in [0.1, 0.15) is 69.6 Å². The van der Waals surface area contributed by atoms with Gasteiger partial charge in [0.15, 0.2) is 5.78 Å². The van der Waals surface area contributed by atoms with Crippen molar-refractivity contribution in [3.8, 4) is 0 Å². The fourth-order valence-electron chi connectivity index (χ4n) is 3.64. The highest BCUT2D eigenvalue weighted by molar-refractivity contribution is 7.99. The third-order valence-corrected chi connectivity index (χ3v) is 6.77. The molecule has 1 aromatic heterocycles. The van der Waals surface area contributed by atoms with Crippen LogP contribution in [0.25, 0.3) is 0 Å². The highest BCUT2D eigenvalue weighted by Crippen LogP contribution is 2.38. The molecule has 0 spiro atoms. The first-order valence-electron chi connectivity index (χ1n) is 11.9. The quantitative estimate of drug-likeness (QED) is 0.383. The van der Waals surface area contributed by atoms with E-state index in [-0.39, 0.29) is 18.9 Å². The zero-order valence-electron chi connectivity index (χ0n) is 20.9. The zero-order chi connectivity index (χ0) is 25.4. The number of nitrogens with one attached hydrogen (secondary N) is 1. The van der Waals surface area contributed by atoms with Crippen molar-refractivity contribution in [2.24, 2.45) is 0 Å². The van der Waals surface area contributed by atoms with Crippen LogP contribution >= 0.6 is 11.8 Å². The van der Waals surface area contributed by atoms with Gasteiger partial charge in [0, 0.05) is 4.90 Å². The largest absolute Gasteiger partial charge is 0.445 e. The minimum atomic E-state index is -0.700. The number of aromatic nitrogens is 4. The van der Waals surface area contributed by atoms with Crippen molar-refractivity contribution in [3.63, 3.8) is 0 Å². The van der Waals surface area contributed by atoms with Crippen molar-refractivity contribution in [2.45, 2.75) is 82.1 Å². The van der Waals surface area contributed by atoms with Gasteiger partial charge >= 0.3 is 6.09 Å². The summed E-state index contributed by atoms with van der Waals surface area (Å²) in [5.41, 5.74) is 3.31. The minimum Gasteiger partial charge on any atom is -0.445 e. The summed E-state index contributed by atoms with van der Waals surface area (Å²) in [7, 11) is 0. The standard InChI is InChI=1S/C26H33N5O3S/c1-6-22(27-26(33)34-16-19-11-8-7-9-12-19)23(32)15-31-25(28-29-30-31)35-24-20(17(2)3)13-10-14-21(24)18(4)5/h7-14,17-18,22H,6,15-16H2,1-5H3,(H,27,33). The molecule has 0 bridgehead atoms. The Labute approximate surface area is 210 Å². The highest BCUT2D eigenvalue weighted by Gasteiger charge is 2.23. The third-order valence-electron chi connectivity index (χ3n) is 5.62. The molecule has 3 rings (SSSR count). The Bertz CT molecular complexity index is 1100. The van der Waals surface area contributed by atoms with Crippen LogP contribution in [0.3, 0.4) is 0 Å². The van der Waals surface area contributed by atoms with Crippen molar-refractivity contribution in [1.29, 1.82) is 0 Å². The molecule has 0 aliphatic rings. The number of Topliss-reactive ketones (excluding diaryl/α,β-unsaturated/α-hetero) is 1. The van der Waals surface area contributed by atoms with E-state index in [4.69, 9.17) is 4.74 Å². The lowest BCUT2D eigenvalue weighted by Crippen LogP contribution is -2.42. The van der Waals surface area contributed by atoms with E-state index in [0.29, 0.717) is 23.4 Å². The summed E-state index contributed by atoms with van der Waals surface area (Å²) >= 11 is 1.47. The maximum absolute atomic E-state index is 13.0. The van der Waals surface area contributed by atoms with Gasteiger partial charge in [-0.1, -0.05) is 83.1 Å². The van der Waals surface area contributed by atoms with Crippen LogP contribution in [0.5, 0.6) is 0 Å². The minimum absolute atomic E-state index is 0.0480. The molecule has 0 saturated heterocycles. The van der Waals surface area contributed by atoms with Crippen molar-refractivity contribution in [1.82, 2.24) is 25.5 Å². The molecule has 1 amide bonds. The van der Waals surface area contributed by atoms with Gasteiger partial charge in [-0.25, -0.2) is 9.48 Å². The van der Waals surface area contributed by atoms with Crippen LogP contribution in [0.4, 0.5) is 4.79 Å². The number of nitrogens with zero attached hydrogens (tertiary/aromatic N) is 4. The summed E-state index contributed by atoms with van der Waals surface area (Å²) in [6.45, 7) is 10.6. The van der Waals surface area contributed by atoms with Gasteiger partial charge in [-0.05, 0) is 57.1 Å². The molecule has 0 aliphatic carbocycles. The van der Waals surface area contributed by atoms with Gasteiger partial charge in [-0.15, -0.1) is 5.10 Å². The maximum atomic E-state index is 13.0. The Morgan fingerprint density at radius 2 is 1.66 bits per heavy atom. The number of amides is 1. The molecule has 1 unspecified atom stereocenters. The number of ether oxygens (including phenoxy) is 1. The maximum Gasteiger partial charge on any atom is 0.408 e. The fraction of sp³-hybridized carbons (Fsp3) is 0.423. The van der Waals surface area contributed by atoms with E-state index in [1.54, 1.807) is 0 Å². The third kappa shape index (κ3) is 7.14. The van der Waals surface area contributed by atoms with Gasteiger partial charge in [0.1, 0.15) is 13.2 Å². The molecule has 9 heteroatoms. The van der Waals surface area contributed by atoms with Crippen molar-refractivity contribution >= 4 is 23.6 Å². The molecule has 0 radical (unpaired) electrons. The van der Waals surface area contributed by atoms with Gasteiger partial charge in [-0.2, -0.15) is 0 Å². The molecule has 0 saturated carbocycles. The number of rotatable bonds is 11. The molecular formula is C26H33N5O3S. The molecule has 1 heterocycles. The molecule has 0 aliphatic heterocycles. The van der Waals surface area contributed by atoms with Gasteiger partial charge in [0.05, 0.1) is 6.04 Å². The Morgan fingerprint density at radius 3 is 2.26 bits per heavy atom. The summed E-state index contributed by atoms with van der Waals surface area (Å²) in [4.78, 5) is 26.4. The average Bonchev–Trinajstić information content (AvgIpc) is 3.27. The first-order valence-corrected chi connectivity index (χ1v) is 12.7. The number of hydrogen-bond acceptors (Lipinski definition) is 7. The van der Waals surface area contributed by atoms with Crippen LogP contribution in [-0.2, 0) is 22.7 Å². The van der Waals surface area contributed by atoms with Crippen molar-refractivity contribution < 1.29 is 14.3 Å². The van der Waals surface area contributed by atoms with Gasteiger partial charge in [0.25, 0.3) is 0 Å². The molecule has 1 atom stereocenters. The summed E-state index contributed by atoms with van der Waals surface area (Å²) in [5.74, 6) is 0.468. The lowest BCUT2D eigenvalue weighted by molar-refractivity contribution is -0.122. The predicted molar refractivity (Wildman–Crippen MR) is 135 cm³/mol. The first-order chi connectivity index (χ1) is 16.8. The number of ketones is 1. The Hall–Kier alpha value is -3.20. The molecule has 8 nitrogen and oxygen atoms in total. The van der Waals surface area contributed by atoms with Crippen molar-refractivity contribution in [2.75, 3.05) is 0 Å². The first kappa shape index (κ1) is 26.4.